The largest absolute Gasteiger partial charge is 0.482 e. The Hall–Kier alpha value is -2.73. The zero-order valence-corrected chi connectivity index (χ0v) is 22.5. The van der Waals surface area contributed by atoms with Gasteiger partial charge in [-0.05, 0) is 47.4 Å². The van der Waals surface area contributed by atoms with Crippen LogP contribution in [0.1, 0.15) is 25.0 Å². The summed E-state index contributed by atoms with van der Waals surface area (Å²) in [4.78, 5) is 28.5. The van der Waals surface area contributed by atoms with Crippen LogP contribution in [0.4, 0.5) is 0 Å². The van der Waals surface area contributed by atoms with Crippen molar-refractivity contribution in [2.75, 3.05) is 13.2 Å². The highest BCUT2D eigenvalue weighted by Gasteiger charge is 2.31. The SMILES string of the molecule is CC(C)CNC(=O)[C@H](Cc1ccccc1)N(Cc1ccc(Cl)cc1)C(=O)COc1ccc(Cl)cc1Cl. The van der Waals surface area contributed by atoms with Crippen molar-refractivity contribution in [2.45, 2.75) is 32.9 Å². The van der Waals surface area contributed by atoms with Crippen molar-refractivity contribution >= 4 is 46.6 Å². The molecule has 0 fully saturated rings. The number of ether oxygens (including phenoxy) is 1. The van der Waals surface area contributed by atoms with Crippen molar-refractivity contribution in [3.05, 3.63) is 99.0 Å². The minimum absolute atomic E-state index is 0.209. The molecule has 3 aromatic carbocycles. The summed E-state index contributed by atoms with van der Waals surface area (Å²) in [6.07, 6.45) is 0.353. The molecule has 0 aromatic heterocycles. The Morgan fingerprint density at radius 2 is 1.56 bits per heavy atom. The molecular formula is C28H29Cl3N2O3. The summed E-state index contributed by atoms with van der Waals surface area (Å²) in [7, 11) is 0. The molecule has 8 heteroatoms. The van der Waals surface area contributed by atoms with Crippen molar-refractivity contribution in [3.63, 3.8) is 0 Å². The Morgan fingerprint density at radius 1 is 0.889 bits per heavy atom. The number of halogens is 3. The third-order valence-electron chi connectivity index (χ3n) is 5.47. The van der Waals surface area contributed by atoms with Crippen LogP contribution in [0.2, 0.25) is 15.1 Å². The third kappa shape index (κ3) is 8.44. The molecule has 0 bridgehead atoms. The molecule has 0 saturated heterocycles. The lowest BCUT2D eigenvalue weighted by atomic mass is 10.0. The summed E-state index contributed by atoms with van der Waals surface area (Å²) in [5.74, 6) is 0.0304. The van der Waals surface area contributed by atoms with Gasteiger partial charge in [0.05, 0.1) is 5.02 Å². The molecule has 2 amide bonds. The smallest absolute Gasteiger partial charge is 0.261 e. The molecule has 1 N–H and O–H groups in total. The van der Waals surface area contributed by atoms with Gasteiger partial charge in [-0.2, -0.15) is 0 Å². The van der Waals surface area contributed by atoms with Gasteiger partial charge in [0.1, 0.15) is 11.8 Å². The highest BCUT2D eigenvalue weighted by molar-refractivity contribution is 6.35. The van der Waals surface area contributed by atoms with Gasteiger partial charge in [0.2, 0.25) is 5.91 Å². The molecule has 190 valence electrons. The predicted octanol–water partition coefficient (Wildman–Crippen LogP) is 6.44. The summed E-state index contributed by atoms with van der Waals surface area (Å²) in [5.41, 5.74) is 1.78. The fourth-order valence-electron chi connectivity index (χ4n) is 3.58. The van der Waals surface area contributed by atoms with E-state index in [0.717, 1.165) is 11.1 Å². The third-order valence-corrected chi connectivity index (χ3v) is 6.25. The van der Waals surface area contributed by atoms with Crippen molar-refractivity contribution in [2.24, 2.45) is 5.92 Å². The van der Waals surface area contributed by atoms with E-state index in [4.69, 9.17) is 39.5 Å². The van der Waals surface area contributed by atoms with Crippen LogP contribution in [-0.2, 0) is 22.6 Å². The Bertz CT molecular complexity index is 1150. The van der Waals surface area contributed by atoms with Gasteiger partial charge in [-0.15, -0.1) is 0 Å². The number of amides is 2. The first-order valence-corrected chi connectivity index (χ1v) is 12.8. The van der Waals surface area contributed by atoms with Crippen LogP contribution in [0.15, 0.2) is 72.8 Å². The van der Waals surface area contributed by atoms with Gasteiger partial charge in [-0.25, -0.2) is 0 Å². The quantitative estimate of drug-likeness (QED) is 0.301. The lowest BCUT2D eigenvalue weighted by Crippen LogP contribution is -2.52. The van der Waals surface area contributed by atoms with Crippen LogP contribution in [0.5, 0.6) is 5.75 Å². The van der Waals surface area contributed by atoms with Crippen molar-refractivity contribution in [3.8, 4) is 5.75 Å². The zero-order chi connectivity index (χ0) is 26.1. The monoisotopic (exact) mass is 546 g/mol. The van der Waals surface area contributed by atoms with Gasteiger partial charge in [-0.3, -0.25) is 9.59 Å². The number of carbonyl (C=O) groups is 2. The van der Waals surface area contributed by atoms with Gasteiger partial charge in [0.25, 0.3) is 5.91 Å². The second-order valence-corrected chi connectivity index (χ2v) is 10.1. The van der Waals surface area contributed by atoms with E-state index in [9.17, 15) is 9.59 Å². The van der Waals surface area contributed by atoms with Crippen LogP contribution in [0.25, 0.3) is 0 Å². The molecule has 5 nitrogen and oxygen atoms in total. The van der Waals surface area contributed by atoms with E-state index < -0.39 is 6.04 Å². The molecule has 3 rings (SSSR count). The average Bonchev–Trinajstić information content (AvgIpc) is 2.85. The minimum atomic E-state index is -0.751. The van der Waals surface area contributed by atoms with Crippen molar-refractivity contribution < 1.29 is 14.3 Å². The Labute approximate surface area is 227 Å². The van der Waals surface area contributed by atoms with Gasteiger partial charge < -0.3 is 15.0 Å². The molecular weight excluding hydrogens is 519 g/mol. The maximum atomic E-state index is 13.6. The molecule has 3 aromatic rings. The topological polar surface area (TPSA) is 58.6 Å². The molecule has 36 heavy (non-hydrogen) atoms. The Balaban J connectivity index is 1.90. The van der Waals surface area contributed by atoms with Crippen LogP contribution in [0, 0.1) is 5.92 Å². The standard InChI is InChI=1S/C28H29Cl3N2O3/c1-19(2)16-32-28(35)25(14-20-6-4-3-5-7-20)33(17-21-8-10-22(29)11-9-21)27(34)18-36-26-13-12-23(30)15-24(26)31/h3-13,15,19,25H,14,16-18H2,1-2H3,(H,32,35)/t25-/m0/s1. The summed E-state index contributed by atoms with van der Waals surface area (Å²) >= 11 is 18.2. The summed E-state index contributed by atoms with van der Waals surface area (Å²) in [5, 5.41) is 4.35. The Kier molecular flexibility index (Phi) is 10.5. The Morgan fingerprint density at radius 3 is 2.19 bits per heavy atom. The molecule has 0 spiro atoms. The second-order valence-electron chi connectivity index (χ2n) is 8.86. The number of carbonyl (C=O) groups excluding carboxylic acids is 2. The molecule has 0 heterocycles. The summed E-state index contributed by atoms with van der Waals surface area (Å²) < 4.78 is 5.74. The molecule has 0 saturated carbocycles. The van der Waals surface area contributed by atoms with E-state index in [-0.39, 0.29) is 30.9 Å². The highest BCUT2D eigenvalue weighted by atomic mass is 35.5. The summed E-state index contributed by atoms with van der Waals surface area (Å²) in [6, 6.07) is 20.9. The molecule has 0 radical (unpaired) electrons. The maximum absolute atomic E-state index is 13.6. The normalized spacial score (nSPS) is 11.7. The van der Waals surface area contributed by atoms with Crippen LogP contribution in [-0.4, -0.2) is 35.9 Å². The first-order valence-electron chi connectivity index (χ1n) is 11.7. The number of rotatable bonds is 11. The maximum Gasteiger partial charge on any atom is 0.261 e. The molecule has 0 aliphatic rings. The van der Waals surface area contributed by atoms with Crippen LogP contribution >= 0.6 is 34.8 Å². The minimum Gasteiger partial charge on any atom is -0.482 e. The van der Waals surface area contributed by atoms with Crippen molar-refractivity contribution in [1.29, 1.82) is 0 Å². The highest BCUT2D eigenvalue weighted by Crippen LogP contribution is 2.27. The first kappa shape index (κ1) is 27.9. The second kappa shape index (κ2) is 13.5. The van der Waals surface area contributed by atoms with Gasteiger partial charge in [0, 0.05) is 29.6 Å². The zero-order valence-electron chi connectivity index (χ0n) is 20.2. The fraction of sp³-hybridized carbons (Fsp3) is 0.286. The lowest BCUT2D eigenvalue weighted by Gasteiger charge is -2.31. The number of hydrogen-bond donors (Lipinski definition) is 1. The van der Waals surface area contributed by atoms with E-state index in [1.165, 1.54) is 0 Å². The van der Waals surface area contributed by atoms with Gasteiger partial charge >= 0.3 is 0 Å². The van der Waals surface area contributed by atoms with E-state index in [1.807, 2.05) is 56.3 Å². The number of nitrogens with one attached hydrogen (secondary N) is 1. The van der Waals surface area contributed by atoms with Crippen molar-refractivity contribution in [1.82, 2.24) is 10.2 Å². The first-order chi connectivity index (χ1) is 17.2. The van der Waals surface area contributed by atoms with Crippen LogP contribution < -0.4 is 10.1 Å². The number of benzene rings is 3. The number of hydrogen-bond acceptors (Lipinski definition) is 3. The predicted molar refractivity (Wildman–Crippen MR) is 146 cm³/mol. The van der Waals surface area contributed by atoms with E-state index >= 15 is 0 Å². The summed E-state index contributed by atoms with van der Waals surface area (Å²) in [6.45, 7) is 4.46. The molecule has 1 atom stereocenters. The van der Waals surface area contributed by atoms with E-state index in [0.29, 0.717) is 33.8 Å². The lowest BCUT2D eigenvalue weighted by molar-refractivity contribution is -0.142. The van der Waals surface area contributed by atoms with Gasteiger partial charge in [0.15, 0.2) is 6.61 Å². The molecule has 0 unspecified atom stereocenters. The number of nitrogens with zero attached hydrogens (tertiary/aromatic N) is 1. The molecule has 0 aliphatic heterocycles. The van der Waals surface area contributed by atoms with E-state index in [1.54, 1.807) is 35.2 Å². The van der Waals surface area contributed by atoms with Crippen LogP contribution in [0.3, 0.4) is 0 Å². The molecule has 0 aliphatic carbocycles. The fourth-order valence-corrected chi connectivity index (χ4v) is 4.17. The van der Waals surface area contributed by atoms with E-state index in [2.05, 4.69) is 5.32 Å². The van der Waals surface area contributed by atoms with Gasteiger partial charge in [-0.1, -0.05) is 91.1 Å². The average molecular weight is 548 g/mol.